The average molecular weight is 431 g/mol. The molecule has 2 aromatic heterocycles. The molecule has 0 spiro atoms. The fraction of sp³-hybridized carbons (Fsp3) is 0.200. The van der Waals surface area contributed by atoms with Gasteiger partial charge in [-0.05, 0) is 48.5 Å². The molecule has 3 aromatic rings. The van der Waals surface area contributed by atoms with Crippen molar-refractivity contribution in [3.05, 3.63) is 72.3 Å². The summed E-state index contributed by atoms with van der Waals surface area (Å²) in [5, 5.41) is 2.71. The maximum atomic E-state index is 12.5. The minimum Gasteiger partial charge on any atom is -0.474 e. The number of pyridine rings is 1. The van der Waals surface area contributed by atoms with Crippen molar-refractivity contribution in [2.75, 3.05) is 25.6 Å². The predicted molar refractivity (Wildman–Crippen MR) is 109 cm³/mol. The highest BCUT2D eigenvalue weighted by Crippen LogP contribution is 2.21. The first-order valence-electron chi connectivity index (χ1n) is 9.00. The van der Waals surface area contributed by atoms with Crippen LogP contribution in [-0.2, 0) is 21.3 Å². The fourth-order valence-corrected chi connectivity index (χ4v) is 3.46. The smallest absolute Gasteiger partial charge is 0.255 e. The van der Waals surface area contributed by atoms with Gasteiger partial charge < -0.3 is 19.2 Å². The molecule has 10 heteroatoms. The normalized spacial score (nSPS) is 11.2. The minimum absolute atomic E-state index is 0.0322. The molecule has 158 valence electrons. The highest BCUT2D eigenvalue weighted by molar-refractivity contribution is 7.89. The van der Waals surface area contributed by atoms with Gasteiger partial charge in [0.15, 0.2) is 0 Å². The summed E-state index contributed by atoms with van der Waals surface area (Å²) in [6.07, 6.45) is 3.01. The first-order chi connectivity index (χ1) is 14.5. The number of anilines is 1. The summed E-state index contributed by atoms with van der Waals surface area (Å²) < 4.78 is 42.7. The molecule has 0 aliphatic rings. The van der Waals surface area contributed by atoms with E-state index in [1.165, 1.54) is 30.5 Å². The van der Waals surface area contributed by atoms with Gasteiger partial charge in [-0.2, -0.15) is 0 Å². The lowest BCUT2D eigenvalue weighted by Crippen LogP contribution is -2.23. The Hall–Kier alpha value is -3.21. The number of nitrogens with zero attached hydrogens (tertiary/aromatic N) is 1. The molecule has 0 atom stereocenters. The molecule has 0 unspecified atom stereocenters. The number of sulfonamides is 1. The van der Waals surface area contributed by atoms with Gasteiger partial charge in [0.2, 0.25) is 15.9 Å². The van der Waals surface area contributed by atoms with Crippen molar-refractivity contribution in [1.29, 1.82) is 0 Å². The number of methoxy groups -OCH3 is 1. The maximum absolute atomic E-state index is 12.5. The van der Waals surface area contributed by atoms with Gasteiger partial charge in [0.1, 0.15) is 18.1 Å². The Labute approximate surface area is 174 Å². The molecule has 9 nitrogen and oxygen atoms in total. The van der Waals surface area contributed by atoms with Gasteiger partial charge in [0, 0.05) is 18.9 Å². The van der Waals surface area contributed by atoms with Gasteiger partial charge in [-0.1, -0.05) is 0 Å². The third-order valence-corrected chi connectivity index (χ3v) is 5.41. The Kier molecular flexibility index (Phi) is 7.17. The second-order valence-corrected chi connectivity index (χ2v) is 7.85. The molecule has 0 bridgehead atoms. The molecule has 0 saturated heterocycles. The third kappa shape index (κ3) is 5.66. The van der Waals surface area contributed by atoms with Crippen LogP contribution in [0.4, 0.5) is 5.69 Å². The second-order valence-electron chi connectivity index (χ2n) is 6.08. The van der Waals surface area contributed by atoms with Crippen molar-refractivity contribution in [3.8, 4) is 5.88 Å². The van der Waals surface area contributed by atoms with Gasteiger partial charge >= 0.3 is 0 Å². The van der Waals surface area contributed by atoms with E-state index in [-0.39, 0.29) is 29.5 Å². The Morgan fingerprint density at radius 3 is 2.60 bits per heavy atom. The van der Waals surface area contributed by atoms with Crippen LogP contribution in [0.5, 0.6) is 5.88 Å². The molecule has 3 rings (SSSR count). The average Bonchev–Trinajstić information content (AvgIpc) is 3.28. The van der Waals surface area contributed by atoms with Gasteiger partial charge in [-0.25, -0.2) is 18.1 Å². The van der Waals surface area contributed by atoms with E-state index in [1.807, 2.05) is 0 Å². The third-order valence-electron chi connectivity index (χ3n) is 3.99. The van der Waals surface area contributed by atoms with Crippen molar-refractivity contribution < 1.29 is 27.1 Å². The first kappa shape index (κ1) is 21.5. The predicted octanol–water partition coefficient (Wildman–Crippen LogP) is 2.43. The molecule has 0 fully saturated rings. The summed E-state index contributed by atoms with van der Waals surface area (Å²) in [6, 6.07) is 12.2. The van der Waals surface area contributed by atoms with E-state index >= 15 is 0 Å². The molecule has 2 heterocycles. The summed E-state index contributed by atoms with van der Waals surface area (Å²) in [4.78, 5) is 16.7. The number of nitrogens with one attached hydrogen (secondary N) is 2. The van der Waals surface area contributed by atoms with Crippen LogP contribution in [0.1, 0.15) is 16.1 Å². The van der Waals surface area contributed by atoms with E-state index in [2.05, 4.69) is 15.0 Å². The first-order valence-corrected chi connectivity index (χ1v) is 10.5. The number of hydrogen-bond acceptors (Lipinski definition) is 7. The number of amides is 1. The highest BCUT2D eigenvalue weighted by Gasteiger charge is 2.16. The SMILES string of the molecule is COCCOc1ncccc1NC(=O)c1ccc(S(=O)(=O)NCc2ccco2)cc1. The van der Waals surface area contributed by atoms with Gasteiger partial charge in [-0.15, -0.1) is 0 Å². The fourth-order valence-electron chi connectivity index (χ4n) is 2.47. The molecule has 30 heavy (non-hydrogen) atoms. The number of hydrogen-bond donors (Lipinski definition) is 2. The number of rotatable bonds is 10. The Bertz CT molecular complexity index is 1070. The Morgan fingerprint density at radius 1 is 1.10 bits per heavy atom. The number of aromatic nitrogens is 1. The lowest BCUT2D eigenvalue weighted by Gasteiger charge is -2.11. The lowest BCUT2D eigenvalue weighted by atomic mass is 10.2. The Morgan fingerprint density at radius 2 is 1.90 bits per heavy atom. The number of furan rings is 1. The second kappa shape index (κ2) is 10.0. The topological polar surface area (TPSA) is 120 Å². The molecule has 2 N–H and O–H groups in total. The van der Waals surface area contributed by atoms with Gasteiger partial charge in [0.25, 0.3) is 5.91 Å². The van der Waals surface area contributed by atoms with Crippen molar-refractivity contribution in [1.82, 2.24) is 9.71 Å². The van der Waals surface area contributed by atoms with Crippen LogP contribution in [0.15, 0.2) is 70.3 Å². The molecule has 0 saturated carbocycles. The lowest BCUT2D eigenvalue weighted by molar-refractivity contribution is 0.102. The van der Waals surface area contributed by atoms with E-state index in [0.29, 0.717) is 18.1 Å². The van der Waals surface area contributed by atoms with Crippen molar-refractivity contribution >= 4 is 21.6 Å². The Balaban J connectivity index is 1.65. The molecular formula is C20H21N3O6S. The summed E-state index contributed by atoms with van der Waals surface area (Å²) in [5.41, 5.74) is 0.682. The van der Waals surface area contributed by atoms with Gasteiger partial charge in [0.05, 0.1) is 24.3 Å². The van der Waals surface area contributed by atoms with E-state index in [9.17, 15) is 13.2 Å². The molecular weight excluding hydrogens is 410 g/mol. The molecule has 1 aromatic carbocycles. The molecule has 1 amide bonds. The van der Waals surface area contributed by atoms with Crippen molar-refractivity contribution in [3.63, 3.8) is 0 Å². The zero-order valence-corrected chi connectivity index (χ0v) is 17.0. The summed E-state index contributed by atoms with van der Waals surface area (Å²) in [7, 11) is -2.18. The van der Waals surface area contributed by atoms with Crippen LogP contribution < -0.4 is 14.8 Å². The standard InChI is InChI=1S/C20H21N3O6S/c1-27-12-13-29-20-18(5-2-10-21-20)23-19(24)15-6-8-17(9-7-15)30(25,26)22-14-16-4-3-11-28-16/h2-11,22H,12-14H2,1H3,(H,23,24). The number of benzene rings is 1. The van der Waals surface area contributed by atoms with Crippen LogP contribution in [-0.4, -0.2) is 39.6 Å². The summed E-state index contributed by atoms with van der Waals surface area (Å²) in [5.74, 6) is 0.339. The molecule has 0 aliphatic carbocycles. The van der Waals surface area contributed by atoms with Gasteiger partial charge in [-0.3, -0.25) is 4.79 Å². The monoisotopic (exact) mass is 431 g/mol. The number of ether oxygens (including phenoxy) is 2. The highest BCUT2D eigenvalue weighted by atomic mass is 32.2. The van der Waals surface area contributed by atoms with Crippen LogP contribution in [0.3, 0.4) is 0 Å². The quantitative estimate of drug-likeness (QED) is 0.473. The van der Waals surface area contributed by atoms with Crippen molar-refractivity contribution in [2.45, 2.75) is 11.4 Å². The maximum Gasteiger partial charge on any atom is 0.255 e. The van der Waals surface area contributed by atoms with E-state index in [1.54, 1.807) is 37.6 Å². The van der Waals surface area contributed by atoms with Crippen LogP contribution in [0.2, 0.25) is 0 Å². The summed E-state index contributed by atoms with van der Waals surface area (Å²) in [6.45, 7) is 0.701. The number of carbonyl (C=O) groups excluding carboxylic acids is 1. The van der Waals surface area contributed by atoms with E-state index in [4.69, 9.17) is 13.9 Å². The van der Waals surface area contributed by atoms with E-state index < -0.39 is 15.9 Å². The number of carbonyl (C=O) groups is 1. The largest absolute Gasteiger partial charge is 0.474 e. The molecule has 0 aliphatic heterocycles. The zero-order chi connectivity index (χ0) is 21.4. The minimum atomic E-state index is -3.74. The van der Waals surface area contributed by atoms with Crippen LogP contribution in [0.25, 0.3) is 0 Å². The zero-order valence-electron chi connectivity index (χ0n) is 16.2. The molecule has 0 radical (unpaired) electrons. The van der Waals surface area contributed by atoms with Crippen LogP contribution in [0, 0.1) is 0 Å². The van der Waals surface area contributed by atoms with Crippen molar-refractivity contribution in [2.24, 2.45) is 0 Å². The van der Waals surface area contributed by atoms with Crippen LogP contribution >= 0.6 is 0 Å². The summed E-state index contributed by atoms with van der Waals surface area (Å²) >= 11 is 0. The van der Waals surface area contributed by atoms with E-state index in [0.717, 1.165) is 0 Å².